The number of nitrogens with zero attached hydrogens (tertiary/aromatic N) is 3. The summed E-state index contributed by atoms with van der Waals surface area (Å²) < 4.78 is 2.52. The van der Waals surface area contributed by atoms with Crippen LogP contribution in [0.5, 0.6) is 0 Å². The fraction of sp³-hybridized carbons (Fsp3) is 0.522. The molecule has 0 amide bonds. The predicted octanol–water partition coefficient (Wildman–Crippen LogP) is 3.93. The summed E-state index contributed by atoms with van der Waals surface area (Å²) in [6.45, 7) is 15.9. The van der Waals surface area contributed by atoms with Crippen molar-refractivity contribution in [3.63, 3.8) is 0 Å². The van der Waals surface area contributed by atoms with Gasteiger partial charge in [-0.25, -0.2) is 4.98 Å². The lowest BCUT2D eigenvalue weighted by molar-refractivity contribution is 0.234. The second-order valence-electron chi connectivity index (χ2n) is 8.98. The number of H-pyrrole nitrogens is 1. The van der Waals surface area contributed by atoms with E-state index in [2.05, 4.69) is 71.7 Å². The molecule has 1 aliphatic heterocycles. The molecule has 1 saturated heterocycles. The molecule has 2 N–H and O–H groups in total. The average molecular weight is 380 g/mol. The van der Waals surface area contributed by atoms with Crippen molar-refractivity contribution >= 4 is 11.0 Å². The fourth-order valence-corrected chi connectivity index (χ4v) is 4.26. The summed E-state index contributed by atoms with van der Waals surface area (Å²) in [5.74, 6) is 0.977. The number of hydrogen-bond acceptors (Lipinski definition) is 3. The topological polar surface area (TPSA) is 48.9 Å². The van der Waals surface area contributed by atoms with Crippen LogP contribution in [0.25, 0.3) is 22.4 Å². The zero-order valence-corrected chi connectivity index (χ0v) is 17.7. The van der Waals surface area contributed by atoms with Crippen LogP contribution in [0.1, 0.15) is 38.6 Å². The van der Waals surface area contributed by atoms with E-state index in [1.54, 1.807) is 0 Å². The van der Waals surface area contributed by atoms with Crippen LogP contribution in [0.15, 0.2) is 30.3 Å². The number of hydrogen-bond donors (Lipinski definition) is 2. The maximum atomic E-state index is 4.85. The van der Waals surface area contributed by atoms with Crippen LogP contribution in [-0.4, -0.2) is 52.2 Å². The molecule has 0 atom stereocenters. The van der Waals surface area contributed by atoms with Gasteiger partial charge in [-0.2, -0.15) is 0 Å². The zero-order valence-electron chi connectivity index (χ0n) is 17.7. The predicted molar refractivity (Wildman–Crippen MR) is 117 cm³/mol. The zero-order chi connectivity index (χ0) is 19.7. The van der Waals surface area contributed by atoms with Gasteiger partial charge in [0.1, 0.15) is 5.82 Å². The lowest BCUT2D eigenvalue weighted by atomic mass is 9.92. The van der Waals surface area contributed by atoms with Crippen molar-refractivity contribution in [1.29, 1.82) is 0 Å². The molecule has 0 aliphatic carbocycles. The monoisotopic (exact) mass is 379 g/mol. The number of nitrogens with one attached hydrogen (secondary N) is 2. The molecular formula is C23H33N5. The molecule has 28 heavy (non-hydrogen) atoms. The van der Waals surface area contributed by atoms with Gasteiger partial charge in [0.05, 0.1) is 11.0 Å². The van der Waals surface area contributed by atoms with E-state index < -0.39 is 0 Å². The molecule has 3 heterocycles. The smallest absolute Gasteiger partial charge is 0.140 e. The Kier molecular flexibility index (Phi) is 5.30. The summed E-state index contributed by atoms with van der Waals surface area (Å²) in [6, 6.07) is 10.6. The normalized spacial score (nSPS) is 16.1. The molecule has 3 aromatic rings. The van der Waals surface area contributed by atoms with E-state index in [0.717, 1.165) is 36.5 Å². The lowest BCUT2D eigenvalue weighted by Crippen LogP contribution is -2.43. The van der Waals surface area contributed by atoms with Gasteiger partial charge in [0, 0.05) is 55.1 Å². The molecule has 0 radical (unpaired) electrons. The van der Waals surface area contributed by atoms with Gasteiger partial charge in [-0.05, 0) is 38.1 Å². The third kappa shape index (κ3) is 3.87. The molecule has 0 bridgehead atoms. The molecule has 5 nitrogen and oxygen atoms in total. The van der Waals surface area contributed by atoms with E-state index in [1.165, 1.54) is 43.0 Å². The highest BCUT2D eigenvalue weighted by atomic mass is 15.2. The van der Waals surface area contributed by atoms with Crippen molar-refractivity contribution in [2.75, 3.05) is 32.7 Å². The number of fused-ring (bicyclic) bond motifs is 1. The van der Waals surface area contributed by atoms with E-state index in [9.17, 15) is 0 Å². The Labute approximate surface area is 168 Å². The molecular weight excluding hydrogens is 346 g/mol. The summed E-state index contributed by atoms with van der Waals surface area (Å²) >= 11 is 0. The minimum atomic E-state index is 0.101. The Hall–Kier alpha value is -2.11. The number of aromatic nitrogens is 3. The van der Waals surface area contributed by atoms with Crippen LogP contribution >= 0.6 is 0 Å². The number of imidazole rings is 1. The van der Waals surface area contributed by atoms with E-state index in [1.807, 2.05) is 6.07 Å². The van der Waals surface area contributed by atoms with Crippen LogP contribution in [-0.2, 0) is 12.0 Å². The Balaban J connectivity index is 1.61. The largest absolute Gasteiger partial charge is 0.348 e. The number of rotatable bonds is 5. The standard InChI is InChI=1S/C23H33N5/c1-17-18(22-25-19-8-5-6-9-20(19)26-22)16-21(23(2,3)4)28(17)13-7-12-27-14-10-24-11-15-27/h5-6,8-9,16,24H,7,10-15H2,1-4H3,(H,25,26). The molecule has 5 heteroatoms. The first-order chi connectivity index (χ1) is 13.4. The Morgan fingerprint density at radius 1 is 1.07 bits per heavy atom. The second-order valence-corrected chi connectivity index (χ2v) is 8.98. The molecule has 0 saturated carbocycles. The lowest BCUT2D eigenvalue weighted by Gasteiger charge is -2.28. The number of para-hydroxylation sites is 2. The average Bonchev–Trinajstić information content (AvgIpc) is 3.24. The number of piperazine rings is 1. The quantitative estimate of drug-likeness (QED) is 0.706. The highest BCUT2D eigenvalue weighted by Gasteiger charge is 2.24. The third-order valence-electron chi connectivity index (χ3n) is 5.85. The van der Waals surface area contributed by atoms with Crippen molar-refractivity contribution < 1.29 is 0 Å². The van der Waals surface area contributed by atoms with E-state index in [4.69, 9.17) is 4.98 Å². The molecule has 1 fully saturated rings. The summed E-state index contributed by atoms with van der Waals surface area (Å²) in [5.41, 5.74) is 6.15. The highest BCUT2D eigenvalue weighted by molar-refractivity contribution is 5.79. The van der Waals surface area contributed by atoms with Crippen molar-refractivity contribution in [3.8, 4) is 11.4 Å². The Morgan fingerprint density at radius 2 is 1.82 bits per heavy atom. The summed E-state index contributed by atoms with van der Waals surface area (Å²) in [4.78, 5) is 10.9. The van der Waals surface area contributed by atoms with Crippen LogP contribution in [0, 0.1) is 6.92 Å². The SMILES string of the molecule is Cc1c(-c2nc3ccccc3[nH]2)cc(C(C)(C)C)n1CCCN1CCNCC1. The molecule has 4 rings (SSSR count). The molecule has 0 spiro atoms. The maximum Gasteiger partial charge on any atom is 0.140 e. The Bertz CT molecular complexity index is 905. The Morgan fingerprint density at radius 3 is 2.54 bits per heavy atom. The van der Waals surface area contributed by atoms with E-state index in [-0.39, 0.29) is 5.41 Å². The minimum absolute atomic E-state index is 0.101. The van der Waals surface area contributed by atoms with E-state index >= 15 is 0 Å². The molecule has 2 aromatic heterocycles. The van der Waals surface area contributed by atoms with Gasteiger partial charge < -0.3 is 19.8 Å². The van der Waals surface area contributed by atoms with Gasteiger partial charge in [-0.15, -0.1) is 0 Å². The first-order valence-electron chi connectivity index (χ1n) is 10.5. The molecule has 150 valence electrons. The summed E-state index contributed by atoms with van der Waals surface area (Å²) in [5, 5.41) is 3.44. The second kappa shape index (κ2) is 7.72. The maximum absolute atomic E-state index is 4.85. The van der Waals surface area contributed by atoms with Crippen LogP contribution in [0.3, 0.4) is 0 Å². The van der Waals surface area contributed by atoms with Crippen molar-refractivity contribution in [3.05, 3.63) is 41.7 Å². The summed E-state index contributed by atoms with van der Waals surface area (Å²) in [7, 11) is 0. The van der Waals surface area contributed by atoms with Crippen LogP contribution in [0.4, 0.5) is 0 Å². The molecule has 1 aliphatic rings. The van der Waals surface area contributed by atoms with Crippen LogP contribution in [0.2, 0.25) is 0 Å². The first-order valence-corrected chi connectivity index (χ1v) is 10.5. The van der Waals surface area contributed by atoms with Crippen molar-refractivity contribution in [2.45, 2.75) is 46.1 Å². The van der Waals surface area contributed by atoms with Gasteiger partial charge in [-0.3, -0.25) is 0 Å². The minimum Gasteiger partial charge on any atom is -0.348 e. The fourth-order valence-electron chi connectivity index (χ4n) is 4.26. The molecule has 1 aromatic carbocycles. The number of aromatic amines is 1. The first kappa shape index (κ1) is 19.2. The van der Waals surface area contributed by atoms with Crippen molar-refractivity contribution in [1.82, 2.24) is 24.8 Å². The third-order valence-corrected chi connectivity index (χ3v) is 5.85. The van der Waals surface area contributed by atoms with Gasteiger partial charge in [0.2, 0.25) is 0 Å². The highest BCUT2D eigenvalue weighted by Crippen LogP contribution is 2.33. The van der Waals surface area contributed by atoms with Gasteiger partial charge >= 0.3 is 0 Å². The van der Waals surface area contributed by atoms with Crippen molar-refractivity contribution in [2.24, 2.45) is 0 Å². The van der Waals surface area contributed by atoms with E-state index in [0.29, 0.717) is 0 Å². The summed E-state index contributed by atoms with van der Waals surface area (Å²) in [6.07, 6.45) is 1.18. The number of benzene rings is 1. The van der Waals surface area contributed by atoms with Gasteiger partial charge in [0.25, 0.3) is 0 Å². The molecule has 0 unspecified atom stereocenters. The van der Waals surface area contributed by atoms with Gasteiger partial charge in [0.15, 0.2) is 0 Å². The van der Waals surface area contributed by atoms with Gasteiger partial charge in [-0.1, -0.05) is 32.9 Å². The van der Waals surface area contributed by atoms with Crippen LogP contribution < -0.4 is 5.32 Å².